The van der Waals surface area contributed by atoms with Crippen molar-refractivity contribution in [3.63, 3.8) is 0 Å². The van der Waals surface area contributed by atoms with Gasteiger partial charge in [0.05, 0.1) is 10.0 Å². The van der Waals surface area contributed by atoms with Gasteiger partial charge in [0.25, 0.3) is 0 Å². The van der Waals surface area contributed by atoms with Gasteiger partial charge in [0.15, 0.2) is 5.69 Å². The molecule has 0 aliphatic rings. The Hall–Kier alpha value is -3.29. The Morgan fingerprint density at radius 2 is 1.72 bits per heavy atom. The summed E-state index contributed by atoms with van der Waals surface area (Å²) < 4.78 is 5.62. The lowest BCUT2D eigenvalue weighted by molar-refractivity contribution is 0.0690. The van der Waals surface area contributed by atoms with E-state index < -0.39 is 5.97 Å². The molecule has 1 aromatic heterocycles. The van der Waals surface area contributed by atoms with E-state index in [2.05, 4.69) is 15.6 Å². The first kappa shape index (κ1) is 20.4. The second-order valence-electron chi connectivity index (χ2n) is 5.86. The number of pyridine rings is 1. The molecule has 0 fully saturated rings. The minimum absolute atomic E-state index is 0.101. The molecule has 3 aromatic rings. The molecule has 0 bridgehead atoms. The SMILES string of the molecule is O=C(NCc1ccc(Oc2ccnc(C(=O)O)c2)cc1)Nc1ccc(Cl)c(Cl)c1. The lowest BCUT2D eigenvalue weighted by atomic mass is 10.2. The summed E-state index contributed by atoms with van der Waals surface area (Å²) in [4.78, 5) is 26.7. The van der Waals surface area contributed by atoms with Crippen LogP contribution in [0.1, 0.15) is 16.1 Å². The summed E-state index contributed by atoms with van der Waals surface area (Å²) in [5.41, 5.74) is 1.28. The summed E-state index contributed by atoms with van der Waals surface area (Å²) in [7, 11) is 0. The normalized spacial score (nSPS) is 10.3. The number of nitrogens with zero attached hydrogens (tertiary/aromatic N) is 1. The van der Waals surface area contributed by atoms with Gasteiger partial charge in [-0.05, 0) is 42.0 Å². The number of benzene rings is 2. The zero-order chi connectivity index (χ0) is 20.8. The Morgan fingerprint density at radius 1 is 0.966 bits per heavy atom. The minimum atomic E-state index is -1.13. The largest absolute Gasteiger partial charge is 0.477 e. The number of amides is 2. The third-order valence-corrected chi connectivity index (χ3v) is 4.48. The number of hydrogen-bond acceptors (Lipinski definition) is 4. The van der Waals surface area contributed by atoms with Gasteiger partial charge in [-0.2, -0.15) is 0 Å². The summed E-state index contributed by atoms with van der Waals surface area (Å²) in [6.07, 6.45) is 1.36. The number of carbonyl (C=O) groups is 2. The predicted octanol–water partition coefficient (Wildman–Crippen LogP) is 5.20. The van der Waals surface area contributed by atoms with Crippen LogP contribution in [0.25, 0.3) is 0 Å². The quantitative estimate of drug-likeness (QED) is 0.497. The zero-order valence-electron chi connectivity index (χ0n) is 14.9. The molecule has 7 nitrogen and oxygen atoms in total. The van der Waals surface area contributed by atoms with E-state index in [4.69, 9.17) is 33.0 Å². The first-order valence-corrected chi connectivity index (χ1v) is 9.12. The number of aromatic carboxylic acids is 1. The maximum atomic E-state index is 12.0. The highest BCUT2D eigenvalue weighted by molar-refractivity contribution is 6.42. The van der Waals surface area contributed by atoms with Crippen LogP contribution in [-0.2, 0) is 6.54 Å². The van der Waals surface area contributed by atoms with E-state index in [0.29, 0.717) is 33.8 Å². The number of anilines is 1. The van der Waals surface area contributed by atoms with Crippen molar-refractivity contribution < 1.29 is 19.4 Å². The van der Waals surface area contributed by atoms with Crippen molar-refractivity contribution in [1.82, 2.24) is 10.3 Å². The first-order chi connectivity index (χ1) is 13.9. The number of rotatable bonds is 6. The smallest absolute Gasteiger partial charge is 0.354 e. The van der Waals surface area contributed by atoms with Gasteiger partial charge < -0.3 is 20.5 Å². The van der Waals surface area contributed by atoms with Gasteiger partial charge in [0.2, 0.25) is 0 Å². The Labute approximate surface area is 176 Å². The van der Waals surface area contributed by atoms with Crippen molar-refractivity contribution in [2.24, 2.45) is 0 Å². The monoisotopic (exact) mass is 431 g/mol. The molecular weight excluding hydrogens is 417 g/mol. The highest BCUT2D eigenvalue weighted by Gasteiger charge is 2.07. The second-order valence-corrected chi connectivity index (χ2v) is 6.68. The van der Waals surface area contributed by atoms with Crippen LogP contribution in [0.15, 0.2) is 60.8 Å². The molecule has 3 rings (SSSR count). The van der Waals surface area contributed by atoms with Crippen LogP contribution in [0.2, 0.25) is 10.0 Å². The maximum Gasteiger partial charge on any atom is 0.354 e. The molecule has 0 saturated heterocycles. The van der Waals surface area contributed by atoms with E-state index in [1.807, 2.05) is 0 Å². The van der Waals surface area contributed by atoms with Crippen molar-refractivity contribution in [3.05, 3.63) is 82.1 Å². The first-order valence-electron chi connectivity index (χ1n) is 8.37. The molecule has 0 spiro atoms. The molecular formula is C20H15Cl2N3O4. The summed E-state index contributed by atoms with van der Waals surface area (Å²) in [6, 6.07) is 14.3. The Morgan fingerprint density at radius 3 is 2.41 bits per heavy atom. The molecule has 1 heterocycles. The maximum absolute atomic E-state index is 12.0. The molecule has 0 unspecified atom stereocenters. The van der Waals surface area contributed by atoms with Crippen LogP contribution >= 0.6 is 23.2 Å². The Kier molecular flexibility index (Phi) is 6.54. The van der Waals surface area contributed by atoms with E-state index in [1.165, 1.54) is 12.3 Å². The summed E-state index contributed by atoms with van der Waals surface area (Å²) in [5.74, 6) is -0.239. The van der Waals surface area contributed by atoms with Crippen molar-refractivity contribution in [1.29, 1.82) is 0 Å². The third kappa shape index (κ3) is 5.84. The molecule has 0 saturated carbocycles. The van der Waals surface area contributed by atoms with Crippen molar-refractivity contribution in [2.45, 2.75) is 6.54 Å². The molecule has 3 N–H and O–H groups in total. The number of aromatic nitrogens is 1. The van der Waals surface area contributed by atoms with Gasteiger partial charge in [-0.15, -0.1) is 0 Å². The van der Waals surface area contributed by atoms with E-state index in [-0.39, 0.29) is 11.7 Å². The molecule has 0 aliphatic heterocycles. The fourth-order valence-corrected chi connectivity index (χ4v) is 2.63. The van der Waals surface area contributed by atoms with Crippen LogP contribution in [0, 0.1) is 0 Å². The van der Waals surface area contributed by atoms with Crippen LogP contribution in [0.3, 0.4) is 0 Å². The fourth-order valence-electron chi connectivity index (χ4n) is 2.33. The van der Waals surface area contributed by atoms with Gasteiger partial charge >= 0.3 is 12.0 Å². The Balaban J connectivity index is 1.53. The highest BCUT2D eigenvalue weighted by Crippen LogP contribution is 2.25. The van der Waals surface area contributed by atoms with E-state index >= 15 is 0 Å². The van der Waals surface area contributed by atoms with Gasteiger partial charge in [0, 0.05) is 24.5 Å². The molecule has 0 aliphatic carbocycles. The summed E-state index contributed by atoms with van der Waals surface area (Å²) in [5, 5.41) is 15.1. The van der Waals surface area contributed by atoms with Crippen molar-refractivity contribution >= 4 is 40.9 Å². The molecule has 148 valence electrons. The molecule has 0 atom stereocenters. The minimum Gasteiger partial charge on any atom is -0.477 e. The average molecular weight is 432 g/mol. The molecule has 9 heteroatoms. The van der Waals surface area contributed by atoms with Gasteiger partial charge in [-0.25, -0.2) is 14.6 Å². The van der Waals surface area contributed by atoms with Crippen molar-refractivity contribution in [3.8, 4) is 11.5 Å². The molecule has 2 aromatic carbocycles. The van der Waals surface area contributed by atoms with Crippen LogP contribution in [0.4, 0.5) is 10.5 Å². The van der Waals surface area contributed by atoms with Crippen molar-refractivity contribution in [2.75, 3.05) is 5.32 Å². The number of ether oxygens (including phenoxy) is 1. The number of carboxylic acid groups (broad SMARTS) is 1. The van der Waals surface area contributed by atoms with Crippen LogP contribution in [0.5, 0.6) is 11.5 Å². The second kappa shape index (κ2) is 9.27. The number of halogens is 2. The molecule has 2 amide bonds. The standard InChI is InChI=1S/C20H15Cl2N3O4/c21-16-6-3-13(9-17(16)22)25-20(28)24-11-12-1-4-14(5-2-12)29-15-7-8-23-18(10-15)19(26)27/h1-10H,11H2,(H,26,27)(H2,24,25,28). The number of nitrogens with one attached hydrogen (secondary N) is 2. The third-order valence-electron chi connectivity index (χ3n) is 3.74. The fraction of sp³-hybridized carbons (Fsp3) is 0.0500. The average Bonchev–Trinajstić information content (AvgIpc) is 2.70. The Bertz CT molecular complexity index is 1040. The highest BCUT2D eigenvalue weighted by atomic mass is 35.5. The molecule has 29 heavy (non-hydrogen) atoms. The van der Waals surface area contributed by atoms with Crippen LogP contribution in [-0.4, -0.2) is 22.1 Å². The van der Waals surface area contributed by atoms with Gasteiger partial charge in [0.1, 0.15) is 11.5 Å². The zero-order valence-corrected chi connectivity index (χ0v) is 16.4. The number of carboxylic acids is 1. The lowest BCUT2D eigenvalue weighted by Gasteiger charge is -2.10. The number of urea groups is 1. The lowest BCUT2D eigenvalue weighted by Crippen LogP contribution is -2.28. The topological polar surface area (TPSA) is 101 Å². The van der Waals surface area contributed by atoms with Gasteiger partial charge in [-0.1, -0.05) is 35.3 Å². The summed E-state index contributed by atoms with van der Waals surface area (Å²) in [6.45, 7) is 0.297. The predicted molar refractivity (Wildman–Crippen MR) is 110 cm³/mol. The number of carbonyl (C=O) groups excluding carboxylic acids is 1. The van der Waals surface area contributed by atoms with E-state index in [1.54, 1.807) is 48.5 Å². The van der Waals surface area contributed by atoms with E-state index in [0.717, 1.165) is 5.56 Å². The summed E-state index contributed by atoms with van der Waals surface area (Å²) >= 11 is 11.8. The molecule has 0 radical (unpaired) electrons. The van der Waals surface area contributed by atoms with Gasteiger partial charge in [-0.3, -0.25) is 0 Å². The van der Waals surface area contributed by atoms with E-state index in [9.17, 15) is 9.59 Å². The van der Waals surface area contributed by atoms with Crippen LogP contribution < -0.4 is 15.4 Å². The number of hydrogen-bond donors (Lipinski definition) is 3.